The molecule has 0 aliphatic carbocycles. The predicted molar refractivity (Wildman–Crippen MR) is 53.6 cm³/mol. The van der Waals surface area contributed by atoms with Gasteiger partial charge in [0, 0.05) is 6.07 Å². The minimum Gasteiger partial charge on any atom is -0.478 e. The molecule has 1 heterocycles. The third-order valence-electron chi connectivity index (χ3n) is 1.98. The van der Waals surface area contributed by atoms with Gasteiger partial charge in [0.2, 0.25) is 0 Å². The monoisotopic (exact) mass is 283 g/mol. The van der Waals surface area contributed by atoms with E-state index in [9.17, 15) is 22.4 Å². The van der Waals surface area contributed by atoms with Crippen molar-refractivity contribution < 1.29 is 36.6 Å². The molecule has 0 saturated heterocycles. The van der Waals surface area contributed by atoms with E-state index in [2.05, 4.69) is 19.2 Å². The van der Waals surface area contributed by atoms with Gasteiger partial charge in [-0.3, -0.25) is 0 Å². The molecular formula is C10H9F4NO4. The van der Waals surface area contributed by atoms with Crippen LogP contribution in [-0.4, -0.2) is 31.5 Å². The average molecular weight is 283 g/mol. The Bertz CT molecular complexity index is 475. The van der Waals surface area contributed by atoms with Gasteiger partial charge >= 0.3 is 12.3 Å². The maximum absolute atomic E-state index is 12.7. The van der Waals surface area contributed by atoms with E-state index in [4.69, 9.17) is 0 Å². The number of carbonyl (C=O) groups excluding carboxylic acids is 1. The summed E-state index contributed by atoms with van der Waals surface area (Å²) in [5.41, 5.74) is -0.872. The number of esters is 1. The van der Waals surface area contributed by atoms with Crippen molar-refractivity contribution in [3.8, 4) is 11.6 Å². The molecule has 0 radical (unpaired) electrons. The second kappa shape index (κ2) is 5.72. The number of hydrogen-bond donors (Lipinski definition) is 0. The lowest BCUT2D eigenvalue weighted by Crippen LogP contribution is -2.19. The molecule has 0 N–H and O–H groups in total. The summed E-state index contributed by atoms with van der Waals surface area (Å²) in [6.07, 6.45) is -5.00. The predicted octanol–water partition coefficient (Wildman–Crippen LogP) is 2.24. The van der Waals surface area contributed by atoms with Crippen LogP contribution < -0.4 is 9.47 Å². The maximum atomic E-state index is 12.7. The van der Waals surface area contributed by atoms with Crippen molar-refractivity contribution in [2.75, 3.05) is 14.2 Å². The van der Waals surface area contributed by atoms with Crippen LogP contribution in [-0.2, 0) is 11.4 Å². The summed E-state index contributed by atoms with van der Waals surface area (Å²) in [6.45, 7) is -1.17. The molecular weight excluding hydrogens is 274 g/mol. The van der Waals surface area contributed by atoms with Crippen LogP contribution in [0.4, 0.5) is 17.6 Å². The second-order valence-corrected chi connectivity index (χ2v) is 3.16. The maximum Gasteiger partial charge on any atom is 0.573 e. The minimum absolute atomic E-state index is 0.404. The molecule has 5 nitrogen and oxygen atoms in total. The van der Waals surface area contributed by atoms with Gasteiger partial charge in [0.1, 0.15) is 6.67 Å². The van der Waals surface area contributed by atoms with Gasteiger partial charge in [-0.2, -0.15) is 0 Å². The molecule has 0 unspecified atom stereocenters. The van der Waals surface area contributed by atoms with Gasteiger partial charge in [-0.05, 0) is 0 Å². The van der Waals surface area contributed by atoms with Crippen molar-refractivity contribution in [3.05, 3.63) is 17.3 Å². The number of nitrogens with zero attached hydrogens (tertiary/aromatic N) is 1. The third-order valence-corrected chi connectivity index (χ3v) is 1.98. The van der Waals surface area contributed by atoms with Crippen LogP contribution in [0.25, 0.3) is 0 Å². The number of methoxy groups -OCH3 is 2. The van der Waals surface area contributed by atoms with Gasteiger partial charge in [-0.1, -0.05) is 0 Å². The van der Waals surface area contributed by atoms with Crippen LogP contribution >= 0.6 is 0 Å². The molecule has 19 heavy (non-hydrogen) atoms. The smallest absolute Gasteiger partial charge is 0.478 e. The first-order valence-electron chi connectivity index (χ1n) is 4.80. The first-order chi connectivity index (χ1) is 8.82. The highest BCUT2D eigenvalue weighted by Gasteiger charge is 2.34. The van der Waals surface area contributed by atoms with Crippen LogP contribution in [0.2, 0.25) is 0 Å². The van der Waals surface area contributed by atoms with Crippen molar-refractivity contribution in [1.82, 2.24) is 4.98 Å². The summed E-state index contributed by atoms with van der Waals surface area (Å²) in [7, 11) is 2.03. The highest BCUT2D eigenvalue weighted by Crippen LogP contribution is 2.32. The molecule has 0 amide bonds. The molecule has 1 aromatic rings. The topological polar surface area (TPSA) is 57.7 Å². The van der Waals surface area contributed by atoms with Crippen LogP contribution in [0.15, 0.2) is 6.07 Å². The molecule has 0 saturated carbocycles. The van der Waals surface area contributed by atoms with E-state index in [0.717, 1.165) is 14.2 Å². The summed E-state index contributed by atoms with van der Waals surface area (Å²) in [5.74, 6) is -2.47. The summed E-state index contributed by atoms with van der Waals surface area (Å²) in [6, 6.07) is 0.667. The first-order valence-corrected chi connectivity index (χ1v) is 4.80. The number of carbonyl (C=O) groups is 1. The van der Waals surface area contributed by atoms with Crippen LogP contribution in [0.5, 0.6) is 11.6 Å². The molecule has 0 spiro atoms. The molecule has 1 rings (SSSR count). The molecule has 0 bridgehead atoms. The third kappa shape index (κ3) is 3.70. The zero-order chi connectivity index (χ0) is 14.6. The number of pyridine rings is 1. The minimum atomic E-state index is -5.00. The zero-order valence-corrected chi connectivity index (χ0v) is 9.88. The Morgan fingerprint density at radius 1 is 1.37 bits per heavy atom. The lowest BCUT2D eigenvalue weighted by atomic mass is 10.2. The molecule has 0 fully saturated rings. The number of rotatable bonds is 4. The molecule has 106 valence electrons. The van der Waals surface area contributed by atoms with Gasteiger partial charge in [-0.15, -0.1) is 13.2 Å². The highest BCUT2D eigenvalue weighted by molar-refractivity contribution is 5.91. The van der Waals surface area contributed by atoms with E-state index in [1.807, 2.05) is 0 Å². The normalized spacial score (nSPS) is 11.1. The summed E-state index contributed by atoms with van der Waals surface area (Å²) < 4.78 is 61.7. The van der Waals surface area contributed by atoms with Crippen molar-refractivity contribution >= 4 is 5.97 Å². The molecule has 9 heteroatoms. The van der Waals surface area contributed by atoms with E-state index in [1.165, 1.54) is 0 Å². The molecule has 0 aliphatic rings. The first kappa shape index (κ1) is 15.0. The van der Waals surface area contributed by atoms with Crippen LogP contribution in [0.3, 0.4) is 0 Å². The SMILES string of the molecule is COC(=O)c1cc(OC(F)(F)F)c(OC)nc1CF. The summed E-state index contributed by atoms with van der Waals surface area (Å²) in [5, 5.41) is 0. The van der Waals surface area contributed by atoms with E-state index in [-0.39, 0.29) is 0 Å². The number of alkyl halides is 4. The fourth-order valence-electron chi connectivity index (χ4n) is 1.25. The van der Waals surface area contributed by atoms with Crippen LogP contribution in [0, 0.1) is 0 Å². The zero-order valence-electron chi connectivity index (χ0n) is 9.88. The number of hydrogen-bond acceptors (Lipinski definition) is 5. The Balaban J connectivity index is 3.33. The summed E-state index contributed by atoms with van der Waals surface area (Å²) in [4.78, 5) is 14.7. The van der Waals surface area contributed by atoms with Gasteiger partial charge in [0.15, 0.2) is 5.75 Å². The fraction of sp³-hybridized carbons (Fsp3) is 0.400. The van der Waals surface area contributed by atoms with Crippen molar-refractivity contribution in [2.45, 2.75) is 13.0 Å². The average Bonchev–Trinajstić information content (AvgIpc) is 2.35. The summed E-state index contributed by atoms with van der Waals surface area (Å²) >= 11 is 0. The number of halogens is 4. The van der Waals surface area contributed by atoms with E-state index in [1.54, 1.807) is 0 Å². The van der Waals surface area contributed by atoms with E-state index in [0.29, 0.717) is 6.07 Å². The van der Waals surface area contributed by atoms with Crippen molar-refractivity contribution in [3.63, 3.8) is 0 Å². The number of aromatic nitrogens is 1. The molecule has 0 aliphatic heterocycles. The van der Waals surface area contributed by atoms with E-state index >= 15 is 0 Å². The Morgan fingerprint density at radius 3 is 2.42 bits per heavy atom. The van der Waals surface area contributed by atoms with Gasteiger partial charge < -0.3 is 14.2 Å². The molecule has 0 atom stereocenters. The Kier molecular flexibility index (Phi) is 4.52. The standard InChI is InChI=1S/C10H9F4NO4/c1-17-8-7(19-10(12,13)14)3-5(9(16)18-2)6(4-11)15-8/h3H,4H2,1-2H3. The Labute approximate surface area is 105 Å². The molecule has 0 aromatic carbocycles. The van der Waals surface area contributed by atoms with Crippen molar-refractivity contribution in [1.29, 1.82) is 0 Å². The fourth-order valence-corrected chi connectivity index (χ4v) is 1.25. The number of ether oxygens (including phenoxy) is 3. The highest BCUT2D eigenvalue weighted by atomic mass is 19.4. The largest absolute Gasteiger partial charge is 0.573 e. The van der Waals surface area contributed by atoms with Gasteiger partial charge in [-0.25, -0.2) is 14.2 Å². The van der Waals surface area contributed by atoms with E-state index < -0.39 is 41.9 Å². The Hall–Kier alpha value is -2.06. The molecule has 1 aromatic heterocycles. The van der Waals surface area contributed by atoms with Gasteiger partial charge in [0.25, 0.3) is 5.88 Å². The lowest BCUT2D eigenvalue weighted by molar-refractivity contribution is -0.275. The lowest BCUT2D eigenvalue weighted by Gasteiger charge is -2.14. The quantitative estimate of drug-likeness (QED) is 0.626. The van der Waals surface area contributed by atoms with Crippen molar-refractivity contribution in [2.24, 2.45) is 0 Å². The second-order valence-electron chi connectivity index (χ2n) is 3.16. The van der Waals surface area contributed by atoms with Crippen LogP contribution in [0.1, 0.15) is 16.1 Å². The Morgan fingerprint density at radius 2 is 2.00 bits per heavy atom. The van der Waals surface area contributed by atoms with Gasteiger partial charge in [0.05, 0.1) is 25.5 Å².